The first kappa shape index (κ1) is 10.8. The highest BCUT2D eigenvalue weighted by molar-refractivity contribution is 6.11. The fraction of sp³-hybridized carbons (Fsp3) is 0.769. The van der Waals surface area contributed by atoms with Crippen LogP contribution in [0, 0.1) is 28.6 Å². The lowest BCUT2D eigenvalue weighted by atomic mass is 9.94. The molecule has 3 fully saturated rings. The Hall–Kier alpha value is -1.37. The molecule has 2 amide bonds. The van der Waals surface area contributed by atoms with Gasteiger partial charge in [0, 0.05) is 0 Å². The van der Waals surface area contributed by atoms with Crippen molar-refractivity contribution in [3.8, 4) is 6.07 Å². The SMILES string of the molecule is CC1(C)C2C(=O)N(C3(C#N)CCCC3)C(=O)C21. The van der Waals surface area contributed by atoms with E-state index in [9.17, 15) is 14.9 Å². The standard InChI is InChI=1S/C13H16N2O2/c1-12(2)8-9(12)11(17)15(10(8)16)13(7-14)5-3-4-6-13/h8-9H,3-6H2,1-2H3. The fourth-order valence-electron chi connectivity index (χ4n) is 3.71. The van der Waals surface area contributed by atoms with Crippen LogP contribution in [-0.4, -0.2) is 22.3 Å². The smallest absolute Gasteiger partial charge is 0.235 e. The summed E-state index contributed by atoms with van der Waals surface area (Å²) in [6.07, 6.45) is 3.17. The van der Waals surface area contributed by atoms with Crippen molar-refractivity contribution in [2.75, 3.05) is 0 Å². The van der Waals surface area contributed by atoms with Crippen molar-refractivity contribution >= 4 is 11.8 Å². The predicted octanol–water partition coefficient (Wildman–Crippen LogP) is 1.46. The third-order valence-corrected chi connectivity index (χ3v) is 4.87. The van der Waals surface area contributed by atoms with E-state index in [-0.39, 0.29) is 29.1 Å². The molecule has 2 atom stereocenters. The number of imide groups is 1. The normalized spacial score (nSPS) is 36.9. The lowest BCUT2D eigenvalue weighted by Crippen LogP contribution is -2.51. The van der Waals surface area contributed by atoms with Crippen LogP contribution in [0.2, 0.25) is 0 Å². The number of carbonyl (C=O) groups excluding carboxylic acids is 2. The highest BCUT2D eigenvalue weighted by Crippen LogP contribution is 2.64. The van der Waals surface area contributed by atoms with Gasteiger partial charge in [-0.15, -0.1) is 0 Å². The molecule has 4 heteroatoms. The molecule has 2 unspecified atom stereocenters. The van der Waals surface area contributed by atoms with E-state index in [2.05, 4.69) is 6.07 Å². The van der Waals surface area contributed by atoms with Gasteiger partial charge in [-0.3, -0.25) is 14.5 Å². The molecule has 0 aromatic carbocycles. The summed E-state index contributed by atoms with van der Waals surface area (Å²) in [6, 6.07) is 2.23. The van der Waals surface area contributed by atoms with E-state index >= 15 is 0 Å². The second-order valence-corrected chi connectivity index (χ2v) is 6.14. The zero-order valence-corrected chi connectivity index (χ0v) is 10.2. The maximum atomic E-state index is 12.3. The molecule has 0 spiro atoms. The lowest BCUT2D eigenvalue weighted by molar-refractivity contribution is -0.148. The second-order valence-electron chi connectivity index (χ2n) is 6.14. The quantitative estimate of drug-likeness (QED) is 0.643. The molecule has 1 aliphatic heterocycles. The van der Waals surface area contributed by atoms with Crippen LogP contribution < -0.4 is 0 Å². The van der Waals surface area contributed by atoms with Crippen LogP contribution in [0.4, 0.5) is 0 Å². The van der Waals surface area contributed by atoms with Crippen molar-refractivity contribution in [1.82, 2.24) is 4.90 Å². The van der Waals surface area contributed by atoms with Gasteiger partial charge in [0.2, 0.25) is 11.8 Å². The molecule has 0 radical (unpaired) electrons. The number of hydrogen-bond acceptors (Lipinski definition) is 3. The summed E-state index contributed by atoms with van der Waals surface area (Å²) in [6.45, 7) is 3.92. The Morgan fingerprint density at radius 2 is 1.65 bits per heavy atom. The zero-order valence-electron chi connectivity index (χ0n) is 10.2. The first-order valence-electron chi connectivity index (χ1n) is 6.25. The minimum absolute atomic E-state index is 0.103. The van der Waals surface area contributed by atoms with Crippen LogP contribution in [0.1, 0.15) is 39.5 Å². The molecule has 0 bridgehead atoms. The van der Waals surface area contributed by atoms with E-state index < -0.39 is 5.54 Å². The molecule has 17 heavy (non-hydrogen) atoms. The van der Waals surface area contributed by atoms with Gasteiger partial charge in [-0.2, -0.15) is 5.26 Å². The van der Waals surface area contributed by atoms with Crippen molar-refractivity contribution in [2.24, 2.45) is 17.3 Å². The first-order valence-corrected chi connectivity index (χ1v) is 6.25. The van der Waals surface area contributed by atoms with E-state index in [1.54, 1.807) is 0 Å². The van der Waals surface area contributed by atoms with Gasteiger partial charge >= 0.3 is 0 Å². The highest BCUT2D eigenvalue weighted by Gasteiger charge is 2.74. The molecule has 2 saturated carbocycles. The topological polar surface area (TPSA) is 61.2 Å². The van der Waals surface area contributed by atoms with Crippen molar-refractivity contribution in [3.05, 3.63) is 0 Å². The van der Waals surface area contributed by atoms with Crippen LogP contribution in [0.5, 0.6) is 0 Å². The van der Waals surface area contributed by atoms with Crippen molar-refractivity contribution in [1.29, 1.82) is 5.26 Å². The number of hydrogen-bond donors (Lipinski definition) is 0. The summed E-state index contributed by atoms with van der Waals surface area (Å²) in [4.78, 5) is 25.9. The molecule has 1 heterocycles. The van der Waals surface area contributed by atoms with Gasteiger partial charge in [0.25, 0.3) is 0 Å². The Bertz CT molecular complexity index is 431. The second kappa shape index (κ2) is 2.90. The van der Waals surface area contributed by atoms with E-state index in [1.165, 1.54) is 4.90 Å². The number of rotatable bonds is 1. The lowest BCUT2D eigenvalue weighted by Gasteiger charge is -2.33. The highest BCUT2D eigenvalue weighted by atomic mass is 16.2. The average molecular weight is 232 g/mol. The molecule has 1 saturated heterocycles. The summed E-state index contributed by atoms with van der Waals surface area (Å²) < 4.78 is 0. The van der Waals surface area contributed by atoms with Gasteiger partial charge in [-0.1, -0.05) is 13.8 Å². The predicted molar refractivity (Wildman–Crippen MR) is 59.4 cm³/mol. The Morgan fingerprint density at radius 3 is 2.06 bits per heavy atom. The summed E-state index contributed by atoms with van der Waals surface area (Å²) >= 11 is 0. The average Bonchev–Trinajstić information content (AvgIpc) is 2.65. The van der Waals surface area contributed by atoms with Crippen LogP contribution in [0.3, 0.4) is 0 Å². The van der Waals surface area contributed by atoms with Crippen molar-refractivity contribution in [2.45, 2.75) is 45.1 Å². The minimum atomic E-state index is -0.822. The van der Waals surface area contributed by atoms with Crippen LogP contribution in [0.15, 0.2) is 0 Å². The van der Waals surface area contributed by atoms with E-state index in [0.717, 1.165) is 12.8 Å². The first-order chi connectivity index (χ1) is 7.96. The summed E-state index contributed by atoms with van der Waals surface area (Å²) in [5, 5.41) is 9.35. The number of nitrogens with zero attached hydrogens (tertiary/aromatic N) is 2. The number of piperidine rings is 1. The maximum absolute atomic E-state index is 12.3. The number of amides is 2. The van der Waals surface area contributed by atoms with Crippen LogP contribution >= 0.6 is 0 Å². The van der Waals surface area contributed by atoms with E-state index in [0.29, 0.717) is 12.8 Å². The zero-order chi connectivity index (χ0) is 12.4. The molecule has 4 nitrogen and oxygen atoms in total. The summed E-state index contributed by atoms with van der Waals surface area (Å²) in [5.41, 5.74) is -1.00. The Balaban J connectivity index is 1.95. The largest absolute Gasteiger partial charge is 0.274 e. The van der Waals surface area contributed by atoms with E-state index in [1.807, 2.05) is 13.8 Å². The molecule has 0 aromatic heterocycles. The molecule has 3 aliphatic rings. The molecular formula is C13H16N2O2. The van der Waals surface area contributed by atoms with Gasteiger partial charge < -0.3 is 0 Å². The number of likely N-dealkylation sites (tertiary alicyclic amines) is 1. The van der Waals surface area contributed by atoms with Gasteiger partial charge in [0.05, 0.1) is 17.9 Å². The molecule has 0 N–H and O–H groups in total. The van der Waals surface area contributed by atoms with Gasteiger partial charge in [0.15, 0.2) is 0 Å². The summed E-state index contributed by atoms with van der Waals surface area (Å²) in [5.74, 6) is -0.538. The number of nitriles is 1. The third kappa shape index (κ3) is 1.07. The van der Waals surface area contributed by atoms with Gasteiger partial charge in [-0.05, 0) is 31.1 Å². The van der Waals surface area contributed by atoms with Crippen LogP contribution in [0.25, 0.3) is 0 Å². The molecule has 2 aliphatic carbocycles. The Morgan fingerprint density at radius 1 is 1.18 bits per heavy atom. The number of carbonyl (C=O) groups is 2. The van der Waals surface area contributed by atoms with Gasteiger partial charge in [-0.25, -0.2) is 0 Å². The molecule has 90 valence electrons. The Labute approximate surface area is 101 Å². The molecule has 3 rings (SSSR count). The minimum Gasteiger partial charge on any atom is -0.274 e. The van der Waals surface area contributed by atoms with Crippen molar-refractivity contribution < 1.29 is 9.59 Å². The monoisotopic (exact) mass is 232 g/mol. The summed E-state index contributed by atoms with van der Waals surface area (Å²) in [7, 11) is 0. The fourth-order valence-corrected chi connectivity index (χ4v) is 3.71. The van der Waals surface area contributed by atoms with E-state index in [4.69, 9.17) is 0 Å². The molecular weight excluding hydrogens is 216 g/mol. The van der Waals surface area contributed by atoms with Crippen LogP contribution in [-0.2, 0) is 9.59 Å². The number of fused-ring (bicyclic) bond motifs is 1. The molecule has 0 aromatic rings. The third-order valence-electron chi connectivity index (χ3n) is 4.87. The van der Waals surface area contributed by atoms with Gasteiger partial charge in [0.1, 0.15) is 5.54 Å². The Kier molecular flexibility index (Phi) is 1.83. The maximum Gasteiger partial charge on any atom is 0.235 e. The van der Waals surface area contributed by atoms with Crippen molar-refractivity contribution in [3.63, 3.8) is 0 Å².